The lowest BCUT2D eigenvalue weighted by molar-refractivity contribution is -0.236. The quantitative estimate of drug-likeness (QED) is 0.392. The van der Waals surface area contributed by atoms with Crippen LogP contribution in [0.1, 0.15) is 36.8 Å². The van der Waals surface area contributed by atoms with E-state index in [0.717, 1.165) is 27.6 Å². The van der Waals surface area contributed by atoms with Gasteiger partial charge in [-0.3, -0.25) is 0 Å². The number of benzene rings is 3. The first-order chi connectivity index (χ1) is 14.1. The molecule has 0 unspecified atom stereocenters. The van der Waals surface area contributed by atoms with E-state index in [4.69, 9.17) is 14.7 Å². The highest BCUT2D eigenvalue weighted by Gasteiger charge is 2.24. The highest BCUT2D eigenvalue weighted by molar-refractivity contribution is 5.86. The average molecular weight is 394 g/mol. The summed E-state index contributed by atoms with van der Waals surface area (Å²) in [5, 5.41) is 11.0. The molecule has 0 aliphatic rings. The lowest BCUT2D eigenvalue weighted by atomic mass is 9.91. The van der Waals surface area contributed by atoms with Crippen LogP contribution in [0.3, 0.4) is 0 Å². The van der Waals surface area contributed by atoms with Crippen LogP contribution in [0, 0.1) is 0 Å². The van der Waals surface area contributed by atoms with Crippen LogP contribution in [-0.2, 0) is 21.0 Å². The van der Waals surface area contributed by atoms with Crippen LogP contribution in [0.15, 0.2) is 66.7 Å². The molecule has 0 fully saturated rings. The molecule has 29 heavy (non-hydrogen) atoms. The van der Waals surface area contributed by atoms with Crippen LogP contribution >= 0.6 is 0 Å². The van der Waals surface area contributed by atoms with E-state index in [1.807, 2.05) is 73.7 Å². The molecule has 0 saturated carbocycles. The molecule has 1 N–H and O–H groups in total. The van der Waals surface area contributed by atoms with E-state index in [9.17, 15) is 4.79 Å². The zero-order chi connectivity index (χ0) is 20.6. The Bertz CT molecular complexity index is 938. The maximum atomic E-state index is 12.2. The van der Waals surface area contributed by atoms with Crippen LogP contribution < -0.4 is 4.74 Å². The number of ether oxygens (including phenoxy) is 2. The fourth-order valence-corrected chi connectivity index (χ4v) is 3.37. The fourth-order valence-electron chi connectivity index (χ4n) is 3.37. The molecule has 5 nitrogen and oxygen atoms in total. The molecule has 3 rings (SSSR count). The number of fused-ring (bicyclic) bond motifs is 1. The summed E-state index contributed by atoms with van der Waals surface area (Å²) in [6.45, 7) is 2.51. The van der Waals surface area contributed by atoms with E-state index >= 15 is 0 Å². The number of hydrogen-bond donors (Lipinski definition) is 1. The van der Waals surface area contributed by atoms with Gasteiger partial charge in [-0.05, 0) is 53.8 Å². The Hall–Kier alpha value is -2.89. The normalized spacial score (nSPS) is 13.1. The predicted octanol–water partition coefficient (Wildman–Crippen LogP) is 5.33. The van der Waals surface area contributed by atoms with Gasteiger partial charge in [-0.25, -0.2) is 4.79 Å². The number of methoxy groups -OCH3 is 1. The molecule has 5 heteroatoms. The molecule has 152 valence electrons. The topological polar surface area (TPSA) is 65.0 Å². The van der Waals surface area contributed by atoms with Gasteiger partial charge in [-0.15, -0.1) is 0 Å². The summed E-state index contributed by atoms with van der Waals surface area (Å²) < 4.78 is 11.1. The van der Waals surface area contributed by atoms with Gasteiger partial charge < -0.3 is 14.4 Å². The Kier molecular flexibility index (Phi) is 7.22. The second kappa shape index (κ2) is 10.0. The van der Waals surface area contributed by atoms with Crippen molar-refractivity contribution in [2.45, 2.75) is 38.4 Å². The van der Waals surface area contributed by atoms with Gasteiger partial charge >= 0.3 is 5.97 Å². The molecule has 0 saturated heterocycles. The van der Waals surface area contributed by atoms with Crippen LogP contribution in [-0.4, -0.2) is 24.4 Å². The Labute approximate surface area is 170 Å². The van der Waals surface area contributed by atoms with Gasteiger partial charge in [-0.1, -0.05) is 54.6 Å². The van der Waals surface area contributed by atoms with Crippen LogP contribution in [0.5, 0.6) is 5.75 Å². The molecule has 0 bridgehead atoms. The number of carbonyl (C=O) groups excluding carboxylic acids is 1. The van der Waals surface area contributed by atoms with Crippen molar-refractivity contribution in [2.75, 3.05) is 7.11 Å². The highest BCUT2D eigenvalue weighted by Crippen LogP contribution is 2.29. The summed E-state index contributed by atoms with van der Waals surface area (Å²) in [7, 11) is 1.63. The van der Waals surface area contributed by atoms with Crippen molar-refractivity contribution < 1.29 is 24.4 Å². The largest absolute Gasteiger partial charge is 0.497 e. The molecule has 0 amide bonds. The smallest absolute Gasteiger partial charge is 0.349 e. The van der Waals surface area contributed by atoms with Crippen molar-refractivity contribution in [1.29, 1.82) is 0 Å². The zero-order valence-corrected chi connectivity index (χ0v) is 16.7. The van der Waals surface area contributed by atoms with Crippen LogP contribution in [0.4, 0.5) is 0 Å². The van der Waals surface area contributed by atoms with E-state index < -0.39 is 11.9 Å². The number of carbonyl (C=O) groups is 1. The van der Waals surface area contributed by atoms with Crippen molar-refractivity contribution in [1.82, 2.24) is 0 Å². The molecule has 2 atom stereocenters. The fraction of sp³-hybridized carbons (Fsp3) is 0.292. The molecule has 0 radical (unpaired) electrons. The van der Waals surface area contributed by atoms with Crippen molar-refractivity contribution >= 4 is 16.7 Å². The van der Waals surface area contributed by atoms with E-state index in [-0.39, 0.29) is 6.10 Å². The minimum Gasteiger partial charge on any atom is -0.497 e. The van der Waals surface area contributed by atoms with E-state index in [1.165, 1.54) is 0 Å². The molecular formula is C24H26O5. The lowest BCUT2D eigenvalue weighted by Crippen LogP contribution is -2.17. The summed E-state index contributed by atoms with van der Waals surface area (Å²) in [5.41, 5.74) is 1.91. The number of rotatable bonds is 9. The van der Waals surface area contributed by atoms with Gasteiger partial charge in [0.2, 0.25) is 0 Å². The first kappa shape index (κ1) is 20.8. The summed E-state index contributed by atoms with van der Waals surface area (Å²) >= 11 is 0. The van der Waals surface area contributed by atoms with Gasteiger partial charge in [-0.2, -0.15) is 5.26 Å². The second-order valence-corrected chi connectivity index (χ2v) is 7.12. The Balaban J connectivity index is 1.67. The van der Waals surface area contributed by atoms with Gasteiger partial charge in [0.1, 0.15) is 5.75 Å². The second-order valence-electron chi connectivity index (χ2n) is 7.12. The van der Waals surface area contributed by atoms with Crippen LogP contribution in [0.25, 0.3) is 10.8 Å². The Morgan fingerprint density at radius 2 is 1.69 bits per heavy atom. The van der Waals surface area contributed by atoms with Crippen molar-refractivity contribution in [3.05, 3.63) is 77.9 Å². The van der Waals surface area contributed by atoms with E-state index in [2.05, 4.69) is 4.89 Å². The molecule has 0 aliphatic heterocycles. The third kappa shape index (κ3) is 5.56. The van der Waals surface area contributed by atoms with Gasteiger partial charge in [0, 0.05) is 0 Å². The minimum absolute atomic E-state index is 0.0334. The predicted molar refractivity (Wildman–Crippen MR) is 112 cm³/mol. The Morgan fingerprint density at radius 1 is 0.966 bits per heavy atom. The standard InChI is InChI=1S/C24H26O5/c1-17(28-16-18-6-4-3-5-7-18)8-13-23(24(25)29-26)21-10-9-20-15-22(27-2)12-11-19(20)14-21/h3-7,9-12,14-15,17,23,26H,8,13,16H2,1-2H3/t17-,23+/m1/s1. The first-order valence-electron chi connectivity index (χ1n) is 9.69. The highest BCUT2D eigenvalue weighted by atomic mass is 17.1. The molecular weight excluding hydrogens is 368 g/mol. The van der Waals surface area contributed by atoms with Crippen molar-refractivity contribution in [3.8, 4) is 5.75 Å². The van der Waals surface area contributed by atoms with Gasteiger partial charge in [0.05, 0.1) is 25.7 Å². The molecule has 3 aromatic rings. The molecule has 0 aromatic heterocycles. The lowest BCUT2D eigenvalue weighted by Gasteiger charge is -2.18. The minimum atomic E-state index is -0.659. The summed E-state index contributed by atoms with van der Waals surface area (Å²) in [6, 6.07) is 21.5. The third-order valence-electron chi connectivity index (χ3n) is 5.09. The van der Waals surface area contributed by atoms with Crippen molar-refractivity contribution in [2.24, 2.45) is 0 Å². The van der Waals surface area contributed by atoms with E-state index in [1.54, 1.807) is 7.11 Å². The SMILES string of the molecule is COc1ccc2cc([C@H](CC[C@@H](C)OCc3ccccc3)C(=O)OO)ccc2c1. The monoisotopic (exact) mass is 394 g/mol. The van der Waals surface area contributed by atoms with E-state index in [0.29, 0.717) is 19.4 Å². The van der Waals surface area contributed by atoms with Crippen LogP contribution in [0.2, 0.25) is 0 Å². The maximum Gasteiger partial charge on any atom is 0.349 e. The average Bonchev–Trinajstić information content (AvgIpc) is 2.77. The third-order valence-corrected chi connectivity index (χ3v) is 5.09. The molecule has 0 spiro atoms. The molecule has 0 aliphatic carbocycles. The Morgan fingerprint density at radius 3 is 2.41 bits per heavy atom. The van der Waals surface area contributed by atoms with Crippen molar-refractivity contribution in [3.63, 3.8) is 0 Å². The zero-order valence-electron chi connectivity index (χ0n) is 16.7. The van der Waals surface area contributed by atoms with Gasteiger partial charge in [0.15, 0.2) is 0 Å². The van der Waals surface area contributed by atoms with Gasteiger partial charge in [0.25, 0.3) is 0 Å². The maximum absolute atomic E-state index is 12.2. The molecule has 0 heterocycles. The molecule has 3 aromatic carbocycles. The summed E-state index contributed by atoms with van der Waals surface area (Å²) in [4.78, 5) is 16.3. The summed E-state index contributed by atoms with van der Waals surface area (Å²) in [6.07, 6.45) is 1.14. The summed E-state index contributed by atoms with van der Waals surface area (Å²) in [5.74, 6) is -0.441. The number of hydrogen-bond acceptors (Lipinski definition) is 5. The first-order valence-corrected chi connectivity index (χ1v) is 9.69.